The molecule has 0 saturated carbocycles. The number of carbonyl (C=O) groups is 1. The SMILES string of the molecule is Cc1cc(C(=O)N(CCCO)C(C)C)ccn1. The first kappa shape index (κ1) is 13.6. The van der Waals surface area contributed by atoms with Crippen molar-refractivity contribution in [1.82, 2.24) is 9.88 Å². The molecule has 0 bridgehead atoms. The average Bonchev–Trinajstić information content (AvgIpc) is 2.29. The molecule has 1 amide bonds. The minimum atomic E-state index is -0.000972. The van der Waals surface area contributed by atoms with Crippen LogP contribution in [0.1, 0.15) is 36.3 Å². The quantitative estimate of drug-likeness (QED) is 0.845. The van der Waals surface area contributed by atoms with Crippen LogP contribution in [0, 0.1) is 6.92 Å². The largest absolute Gasteiger partial charge is 0.396 e. The molecule has 0 aliphatic carbocycles. The number of aryl methyl sites for hydroxylation is 1. The summed E-state index contributed by atoms with van der Waals surface area (Å²) in [7, 11) is 0. The molecule has 0 aromatic carbocycles. The van der Waals surface area contributed by atoms with Crippen molar-refractivity contribution in [3.8, 4) is 0 Å². The van der Waals surface area contributed by atoms with Crippen molar-refractivity contribution < 1.29 is 9.90 Å². The van der Waals surface area contributed by atoms with Gasteiger partial charge in [0.1, 0.15) is 0 Å². The van der Waals surface area contributed by atoms with Crippen LogP contribution in [0.2, 0.25) is 0 Å². The molecule has 0 radical (unpaired) electrons. The number of hydrogen-bond donors (Lipinski definition) is 1. The van der Waals surface area contributed by atoms with E-state index in [4.69, 9.17) is 5.11 Å². The van der Waals surface area contributed by atoms with E-state index in [0.717, 1.165) is 5.69 Å². The Hall–Kier alpha value is -1.42. The van der Waals surface area contributed by atoms with Crippen molar-refractivity contribution in [2.45, 2.75) is 33.2 Å². The van der Waals surface area contributed by atoms with Gasteiger partial charge >= 0.3 is 0 Å². The van der Waals surface area contributed by atoms with Crippen LogP contribution in [0.4, 0.5) is 0 Å². The van der Waals surface area contributed by atoms with Crippen LogP contribution in [-0.4, -0.2) is 40.1 Å². The summed E-state index contributed by atoms with van der Waals surface area (Å²) >= 11 is 0. The number of pyridine rings is 1. The maximum absolute atomic E-state index is 12.3. The lowest BCUT2D eigenvalue weighted by atomic mass is 10.1. The maximum atomic E-state index is 12.3. The summed E-state index contributed by atoms with van der Waals surface area (Å²) in [5, 5.41) is 8.85. The molecule has 0 saturated heterocycles. The molecule has 1 aromatic heterocycles. The summed E-state index contributed by atoms with van der Waals surface area (Å²) < 4.78 is 0. The highest BCUT2D eigenvalue weighted by Crippen LogP contribution is 2.09. The first-order chi connectivity index (χ1) is 8.06. The average molecular weight is 236 g/mol. The van der Waals surface area contributed by atoms with Crippen molar-refractivity contribution >= 4 is 5.91 Å². The van der Waals surface area contributed by atoms with E-state index in [-0.39, 0.29) is 18.6 Å². The fourth-order valence-electron chi connectivity index (χ4n) is 1.68. The van der Waals surface area contributed by atoms with Gasteiger partial charge in [-0.1, -0.05) is 0 Å². The number of aromatic nitrogens is 1. The summed E-state index contributed by atoms with van der Waals surface area (Å²) in [4.78, 5) is 18.1. The van der Waals surface area contributed by atoms with Gasteiger partial charge in [0.05, 0.1) is 0 Å². The Morgan fingerprint density at radius 1 is 1.53 bits per heavy atom. The highest BCUT2D eigenvalue weighted by molar-refractivity contribution is 5.94. The first-order valence-corrected chi connectivity index (χ1v) is 5.90. The molecule has 1 rings (SSSR count). The van der Waals surface area contributed by atoms with Gasteiger partial charge in [0.15, 0.2) is 0 Å². The lowest BCUT2D eigenvalue weighted by Crippen LogP contribution is -2.38. The molecule has 0 aliphatic heterocycles. The minimum Gasteiger partial charge on any atom is -0.396 e. The molecule has 0 unspecified atom stereocenters. The lowest BCUT2D eigenvalue weighted by molar-refractivity contribution is 0.0693. The third-order valence-electron chi connectivity index (χ3n) is 2.58. The third kappa shape index (κ3) is 3.82. The van der Waals surface area contributed by atoms with E-state index in [0.29, 0.717) is 18.5 Å². The predicted molar refractivity (Wildman–Crippen MR) is 66.8 cm³/mol. The first-order valence-electron chi connectivity index (χ1n) is 5.90. The van der Waals surface area contributed by atoms with Crippen molar-refractivity contribution in [3.63, 3.8) is 0 Å². The van der Waals surface area contributed by atoms with Gasteiger partial charge in [-0.2, -0.15) is 0 Å². The van der Waals surface area contributed by atoms with Gasteiger partial charge in [0, 0.05) is 36.6 Å². The molecule has 0 fully saturated rings. The van der Waals surface area contributed by atoms with E-state index in [9.17, 15) is 4.79 Å². The summed E-state index contributed by atoms with van der Waals surface area (Å²) in [6.07, 6.45) is 2.25. The molecule has 4 nitrogen and oxygen atoms in total. The fraction of sp³-hybridized carbons (Fsp3) is 0.538. The zero-order chi connectivity index (χ0) is 12.8. The van der Waals surface area contributed by atoms with E-state index < -0.39 is 0 Å². The fourth-order valence-corrected chi connectivity index (χ4v) is 1.68. The van der Waals surface area contributed by atoms with E-state index in [2.05, 4.69) is 4.98 Å². The maximum Gasteiger partial charge on any atom is 0.254 e. The Bertz CT molecular complexity index is 377. The van der Waals surface area contributed by atoms with E-state index in [1.807, 2.05) is 20.8 Å². The molecule has 94 valence electrons. The van der Waals surface area contributed by atoms with Gasteiger partial charge in [-0.15, -0.1) is 0 Å². The molecular weight excluding hydrogens is 216 g/mol. The minimum absolute atomic E-state index is 0.000972. The molecule has 4 heteroatoms. The molecule has 0 atom stereocenters. The number of rotatable bonds is 5. The van der Waals surface area contributed by atoms with Crippen molar-refractivity contribution in [2.75, 3.05) is 13.2 Å². The Morgan fingerprint density at radius 2 is 2.24 bits per heavy atom. The second-order valence-corrected chi connectivity index (χ2v) is 4.36. The molecule has 1 heterocycles. The number of nitrogens with zero attached hydrogens (tertiary/aromatic N) is 2. The van der Waals surface area contributed by atoms with Gasteiger partial charge in [-0.25, -0.2) is 0 Å². The Morgan fingerprint density at radius 3 is 2.76 bits per heavy atom. The Kier molecular flexibility index (Phi) is 5.10. The van der Waals surface area contributed by atoms with Crippen LogP contribution in [0.25, 0.3) is 0 Å². The normalized spacial score (nSPS) is 10.6. The topological polar surface area (TPSA) is 53.4 Å². The predicted octanol–water partition coefficient (Wildman–Crippen LogP) is 1.62. The van der Waals surface area contributed by atoms with Crippen LogP contribution >= 0.6 is 0 Å². The van der Waals surface area contributed by atoms with Gasteiger partial charge < -0.3 is 10.0 Å². The standard InChI is InChI=1S/C13H20N2O2/c1-10(2)15(7-4-8-16)13(17)12-5-6-14-11(3)9-12/h5-6,9-10,16H,4,7-8H2,1-3H3. The smallest absolute Gasteiger partial charge is 0.254 e. The molecule has 17 heavy (non-hydrogen) atoms. The number of carbonyl (C=O) groups excluding carboxylic acids is 1. The Balaban J connectivity index is 2.84. The van der Waals surface area contributed by atoms with E-state index in [1.54, 1.807) is 23.2 Å². The van der Waals surface area contributed by atoms with Crippen LogP contribution in [0.3, 0.4) is 0 Å². The van der Waals surface area contributed by atoms with Gasteiger partial charge in [0.25, 0.3) is 5.91 Å². The molecule has 0 spiro atoms. The lowest BCUT2D eigenvalue weighted by Gasteiger charge is -2.26. The zero-order valence-electron chi connectivity index (χ0n) is 10.7. The summed E-state index contributed by atoms with van der Waals surface area (Å²) in [6.45, 7) is 6.50. The second-order valence-electron chi connectivity index (χ2n) is 4.36. The molecular formula is C13H20N2O2. The highest BCUT2D eigenvalue weighted by Gasteiger charge is 2.18. The number of hydrogen-bond acceptors (Lipinski definition) is 3. The van der Waals surface area contributed by atoms with Gasteiger partial charge in [-0.05, 0) is 39.3 Å². The van der Waals surface area contributed by atoms with Gasteiger partial charge in [0.2, 0.25) is 0 Å². The van der Waals surface area contributed by atoms with Crippen molar-refractivity contribution in [1.29, 1.82) is 0 Å². The van der Waals surface area contributed by atoms with E-state index in [1.165, 1.54) is 0 Å². The molecule has 1 N–H and O–H groups in total. The number of amides is 1. The van der Waals surface area contributed by atoms with E-state index >= 15 is 0 Å². The van der Waals surface area contributed by atoms with Crippen LogP contribution in [0.15, 0.2) is 18.3 Å². The molecule has 1 aromatic rings. The monoisotopic (exact) mass is 236 g/mol. The summed E-state index contributed by atoms with van der Waals surface area (Å²) in [5.41, 5.74) is 1.49. The van der Waals surface area contributed by atoms with Crippen LogP contribution in [0.5, 0.6) is 0 Å². The van der Waals surface area contributed by atoms with Crippen molar-refractivity contribution in [3.05, 3.63) is 29.6 Å². The summed E-state index contributed by atoms with van der Waals surface area (Å²) in [6, 6.07) is 3.64. The van der Waals surface area contributed by atoms with Crippen molar-refractivity contribution in [2.24, 2.45) is 0 Å². The highest BCUT2D eigenvalue weighted by atomic mass is 16.3. The zero-order valence-corrected chi connectivity index (χ0v) is 10.7. The Labute approximate surface area is 102 Å². The summed E-state index contributed by atoms with van der Waals surface area (Å²) in [5.74, 6) is -0.000972. The molecule has 0 aliphatic rings. The second kappa shape index (κ2) is 6.35. The van der Waals surface area contributed by atoms with Gasteiger partial charge in [-0.3, -0.25) is 9.78 Å². The van der Waals surface area contributed by atoms with Crippen LogP contribution in [-0.2, 0) is 0 Å². The number of aliphatic hydroxyl groups is 1. The number of aliphatic hydroxyl groups excluding tert-OH is 1. The third-order valence-corrected chi connectivity index (χ3v) is 2.58. The van der Waals surface area contributed by atoms with Crippen LogP contribution < -0.4 is 0 Å².